The lowest BCUT2D eigenvalue weighted by Crippen LogP contribution is -2.45. The lowest BCUT2D eigenvalue weighted by atomic mass is 10.0. The fraction of sp³-hybridized carbons (Fsp3) is 0.959. The molecule has 2 unspecified atom stereocenters. The molecule has 0 aliphatic carbocycles. The van der Waals surface area contributed by atoms with E-state index >= 15 is 0 Å². The van der Waals surface area contributed by atoms with Crippen LogP contribution in [0.1, 0.15) is 431 Å². The Hall–Kier alpha value is -0.870. The molecule has 0 aromatic heterocycles. The molecule has 0 rings (SSSR count). The van der Waals surface area contributed by atoms with Gasteiger partial charge in [0.15, 0.2) is 0 Å². The Morgan fingerprint density at radius 1 is 0.299 bits per heavy atom. The Balaban J connectivity index is 3.36. The van der Waals surface area contributed by atoms with Crippen molar-refractivity contribution < 1.29 is 15.0 Å². The lowest BCUT2D eigenvalue weighted by Gasteiger charge is -2.20. The third kappa shape index (κ3) is 65.8. The molecule has 0 aromatic carbocycles. The minimum atomic E-state index is -0.837. The predicted octanol–water partition coefficient (Wildman–Crippen LogP) is 24.8. The van der Waals surface area contributed by atoms with Crippen LogP contribution in [0.4, 0.5) is 0 Å². The van der Waals surface area contributed by atoms with E-state index in [1.165, 1.54) is 385 Å². The molecule has 0 spiro atoms. The zero-order valence-corrected chi connectivity index (χ0v) is 53.3. The van der Waals surface area contributed by atoms with E-state index in [4.69, 9.17) is 0 Å². The van der Waals surface area contributed by atoms with Crippen LogP contribution in [-0.4, -0.2) is 34.9 Å². The second-order valence-electron chi connectivity index (χ2n) is 25.4. The fourth-order valence-electron chi connectivity index (χ4n) is 12.0. The number of carbonyl (C=O) groups excluding carboxylic acids is 1. The molecule has 0 saturated carbocycles. The van der Waals surface area contributed by atoms with Crippen molar-refractivity contribution in [2.45, 2.75) is 443 Å². The molecule has 0 heterocycles. The average molecular weight is 1080 g/mol. The molecule has 0 fully saturated rings. The van der Waals surface area contributed by atoms with Crippen molar-refractivity contribution in [3.05, 3.63) is 12.2 Å². The maximum atomic E-state index is 12.5. The van der Waals surface area contributed by atoms with Crippen molar-refractivity contribution in [1.29, 1.82) is 0 Å². The van der Waals surface area contributed by atoms with E-state index in [0.29, 0.717) is 6.42 Å². The van der Waals surface area contributed by atoms with E-state index in [1.807, 2.05) is 6.08 Å². The van der Waals surface area contributed by atoms with Crippen molar-refractivity contribution in [2.24, 2.45) is 0 Å². The summed E-state index contributed by atoms with van der Waals surface area (Å²) in [6.45, 7) is 4.37. The molecule has 0 aromatic rings. The standard InChI is InChI=1S/C73H145NO3/c1-3-5-7-9-11-13-15-17-19-21-23-25-27-29-31-32-33-34-35-36-37-38-39-40-41-42-43-45-47-49-51-53-55-57-59-61-63-65-67-69-73(77)74-71(70-75)72(76)68-66-64-62-60-58-56-54-52-50-48-46-44-30-28-26-24-22-20-18-16-14-12-10-8-6-4-2/h66,68,71-72,75-76H,3-65,67,69-70H2,1-2H3,(H,74,77)/b68-66+. The predicted molar refractivity (Wildman–Crippen MR) is 346 cm³/mol. The molecule has 1 amide bonds. The zero-order valence-electron chi connectivity index (χ0n) is 53.3. The number of amides is 1. The highest BCUT2D eigenvalue weighted by atomic mass is 16.3. The summed E-state index contributed by atoms with van der Waals surface area (Å²) in [5, 5.41) is 23.3. The van der Waals surface area contributed by atoms with Gasteiger partial charge in [-0.15, -0.1) is 0 Å². The normalized spacial score (nSPS) is 12.6. The van der Waals surface area contributed by atoms with E-state index < -0.39 is 12.1 Å². The second kappa shape index (κ2) is 69.4. The third-order valence-electron chi connectivity index (χ3n) is 17.5. The summed E-state index contributed by atoms with van der Waals surface area (Å²) in [4.78, 5) is 12.5. The van der Waals surface area contributed by atoms with Crippen molar-refractivity contribution in [3.63, 3.8) is 0 Å². The minimum Gasteiger partial charge on any atom is -0.394 e. The van der Waals surface area contributed by atoms with Gasteiger partial charge in [0, 0.05) is 6.42 Å². The molecular weight excluding hydrogens is 939 g/mol. The van der Waals surface area contributed by atoms with Gasteiger partial charge < -0.3 is 15.5 Å². The summed E-state index contributed by atoms with van der Waals surface area (Å²) in [7, 11) is 0. The summed E-state index contributed by atoms with van der Waals surface area (Å²) >= 11 is 0. The Morgan fingerprint density at radius 2 is 0.481 bits per heavy atom. The summed E-state index contributed by atoms with van der Waals surface area (Å²) in [5.41, 5.74) is 0. The number of aliphatic hydroxyl groups is 2. The van der Waals surface area contributed by atoms with Gasteiger partial charge in [-0.3, -0.25) is 4.79 Å². The molecule has 0 aliphatic heterocycles. The fourth-order valence-corrected chi connectivity index (χ4v) is 12.0. The van der Waals surface area contributed by atoms with Crippen LogP contribution in [0.3, 0.4) is 0 Å². The van der Waals surface area contributed by atoms with Crippen LogP contribution in [0.5, 0.6) is 0 Å². The van der Waals surface area contributed by atoms with Crippen LogP contribution in [0.2, 0.25) is 0 Å². The van der Waals surface area contributed by atoms with Crippen LogP contribution >= 0.6 is 0 Å². The first-order valence-corrected chi connectivity index (χ1v) is 36.4. The molecule has 0 bridgehead atoms. The Kier molecular flexibility index (Phi) is 68.6. The van der Waals surface area contributed by atoms with Gasteiger partial charge in [0.25, 0.3) is 0 Å². The summed E-state index contributed by atoms with van der Waals surface area (Å²) < 4.78 is 0. The maximum absolute atomic E-state index is 12.5. The number of hydrogen-bond acceptors (Lipinski definition) is 3. The van der Waals surface area contributed by atoms with E-state index in [1.54, 1.807) is 6.08 Å². The first-order chi connectivity index (χ1) is 38.2. The molecule has 3 N–H and O–H groups in total. The van der Waals surface area contributed by atoms with Crippen LogP contribution < -0.4 is 5.32 Å². The van der Waals surface area contributed by atoms with E-state index in [-0.39, 0.29) is 12.5 Å². The van der Waals surface area contributed by atoms with Gasteiger partial charge in [0.05, 0.1) is 18.8 Å². The highest BCUT2D eigenvalue weighted by Crippen LogP contribution is 2.20. The van der Waals surface area contributed by atoms with Gasteiger partial charge >= 0.3 is 0 Å². The summed E-state index contributed by atoms with van der Waals surface area (Å²) in [6.07, 6.45) is 93.3. The second-order valence-corrected chi connectivity index (χ2v) is 25.4. The summed E-state index contributed by atoms with van der Waals surface area (Å²) in [6, 6.07) is -0.620. The monoisotopic (exact) mass is 1080 g/mol. The van der Waals surface area contributed by atoms with E-state index in [9.17, 15) is 15.0 Å². The van der Waals surface area contributed by atoms with Gasteiger partial charge in [-0.25, -0.2) is 0 Å². The topological polar surface area (TPSA) is 69.6 Å². The van der Waals surface area contributed by atoms with E-state index in [0.717, 1.165) is 25.7 Å². The Bertz CT molecular complexity index is 1090. The molecule has 0 radical (unpaired) electrons. The highest BCUT2D eigenvalue weighted by molar-refractivity contribution is 5.76. The van der Waals surface area contributed by atoms with Gasteiger partial charge in [-0.05, 0) is 19.3 Å². The molecule has 460 valence electrons. The average Bonchev–Trinajstić information content (AvgIpc) is 3.43. The molecule has 0 aliphatic rings. The van der Waals surface area contributed by atoms with Crippen molar-refractivity contribution in [3.8, 4) is 0 Å². The van der Waals surface area contributed by atoms with Crippen LogP contribution in [0.25, 0.3) is 0 Å². The molecular formula is C73H145NO3. The van der Waals surface area contributed by atoms with Crippen molar-refractivity contribution in [1.82, 2.24) is 5.32 Å². The number of rotatable bonds is 69. The Labute approximate surface area is 486 Å². The quantitative estimate of drug-likeness (QED) is 0.0420. The zero-order chi connectivity index (χ0) is 55.5. The van der Waals surface area contributed by atoms with Crippen LogP contribution in [-0.2, 0) is 4.79 Å². The molecule has 77 heavy (non-hydrogen) atoms. The number of allylic oxidation sites excluding steroid dienone is 1. The number of aliphatic hydroxyl groups excluding tert-OH is 2. The lowest BCUT2D eigenvalue weighted by molar-refractivity contribution is -0.123. The highest BCUT2D eigenvalue weighted by Gasteiger charge is 2.18. The largest absolute Gasteiger partial charge is 0.394 e. The number of carbonyl (C=O) groups is 1. The first kappa shape index (κ1) is 76.1. The third-order valence-corrected chi connectivity index (χ3v) is 17.5. The minimum absolute atomic E-state index is 0.0527. The van der Waals surface area contributed by atoms with E-state index in [2.05, 4.69) is 19.2 Å². The summed E-state index contributed by atoms with van der Waals surface area (Å²) in [5.74, 6) is -0.0527. The van der Waals surface area contributed by atoms with Gasteiger partial charge in [-0.2, -0.15) is 0 Å². The number of hydrogen-bond donors (Lipinski definition) is 3. The Morgan fingerprint density at radius 3 is 0.675 bits per heavy atom. The van der Waals surface area contributed by atoms with Crippen LogP contribution in [0, 0.1) is 0 Å². The first-order valence-electron chi connectivity index (χ1n) is 36.4. The number of nitrogens with one attached hydrogen (secondary N) is 1. The maximum Gasteiger partial charge on any atom is 0.220 e. The SMILES string of the molecule is CCCCCCCCCCCCCCCCCCCCCCCCCC/C=C/C(O)C(CO)NC(=O)CCCCCCCCCCCCCCCCCCCCCCCCCCCCCCCCCCCCCCCCC. The molecule has 2 atom stereocenters. The van der Waals surface area contributed by atoms with Crippen molar-refractivity contribution >= 4 is 5.91 Å². The van der Waals surface area contributed by atoms with Gasteiger partial charge in [0.2, 0.25) is 5.91 Å². The molecule has 4 heteroatoms. The molecule has 4 nitrogen and oxygen atoms in total. The molecule has 0 saturated heterocycles. The van der Waals surface area contributed by atoms with Gasteiger partial charge in [0.1, 0.15) is 0 Å². The van der Waals surface area contributed by atoms with Crippen LogP contribution in [0.15, 0.2) is 12.2 Å². The smallest absolute Gasteiger partial charge is 0.220 e. The van der Waals surface area contributed by atoms with Gasteiger partial charge in [-0.1, -0.05) is 418 Å². The number of unbranched alkanes of at least 4 members (excludes halogenated alkanes) is 62. The van der Waals surface area contributed by atoms with Crippen molar-refractivity contribution in [2.75, 3.05) is 6.61 Å².